The molecule has 0 amide bonds. The summed E-state index contributed by atoms with van der Waals surface area (Å²) in [6.45, 7) is 9.52. The van der Waals surface area contributed by atoms with E-state index in [4.69, 9.17) is 18.5 Å². The minimum absolute atomic E-state index is 0.313. The molecule has 0 aliphatic carbocycles. The van der Waals surface area contributed by atoms with Crippen molar-refractivity contribution in [1.29, 1.82) is 0 Å². The van der Waals surface area contributed by atoms with Crippen LogP contribution in [0.2, 0.25) is 0 Å². The molecule has 4 nitrogen and oxygen atoms in total. The second-order valence-corrected chi connectivity index (χ2v) is 5.98. The predicted molar refractivity (Wildman–Crippen MR) is 67.8 cm³/mol. The molecular weight excluding hydrogens is 231 g/mol. The number of ether oxygens (including phenoxy) is 1. The van der Waals surface area contributed by atoms with Gasteiger partial charge in [0.25, 0.3) is 0 Å². The Balaban J connectivity index is 1.91. The van der Waals surface area contributed by atoms with Crippen LogP contribution < -0.4 is 5.46 Å². The van der Waals surface area contributed by atoms with E-state index in [2.05, 4.69) is 27.7 Å². The Morgan fingerprint density at radius 1 is 1.11 bits per heavy atom. The second kappa shape index (κ2) is 3.86. The van der Waals surface area contributed by atoms with Gasteiger partial charge in [-0.1, -0.05) is 0 Å². The largest absolute Gasteiger partial charge is 0.498 e. The summed E-state index contributed by atoms with van der Waals surface area (Å²) in [7, 11) is -0.333. The van der Waals surface area contributed by atoms with Crippen molar-refractivity contribution in [3.8, 4) is 0 Å². The molecule has 0 radical (unpaired) electrons. The molecule has 2 aliphatic heterocycles. The number of hydrogen-bond acceptors (Lipinski definition) is 4. The van der Waals surface area contributed by atoms with Crippen LogP contribution in [0.15, 0.2) is 10.7 Å². The number of fused-ring (bicyclic) bond motifs is 1. The van der Waals surface area contributed by atoms with Gasteiger partial charge in [0.15, 0.2) is 0 Å². The highest BCUT2D eigenvalue weighted by atomic mass is 16.7. The molecule has 3 heterocycles. The summed E-state index contributed by atoms with van der Waals surface area (Å²) < 4.78 is 23.0. The van der Waals surface area contributed by atoms with Gasteiger partial charge in [-0.05, 0) is 39.7 Å². The summed E-state index contributed by atoms with van der Waals surface area (Å²) in [6, 6.07) is 0. The number of rotatable bonds is 1. The first-order valence-corrected chi connectivity index (χ1v) is 6.43. The first kappa shape index (κ1) is 12.3. The second-order valence-electron chi connectivity index (χ2n) is 5.98. The van der Waals surface area contributed by atoms with Gasteiger partial charge < -0.3 is 18.5 Å². The summed E-state index contributed by atoms with van der Waals surface area (Å²) >= 11 is 0. The highest BCUT2D eigenvalue weighted by Gasteiger charge is 2.52. The summed E-state index contributed by atoms with van der Waals surface area (Å²) in [6.07, 6.45) is 2.62. The summed E-state index contributed by atoms with van der Waals surface area (Å²) in [4.78, 5) is 0. The van der Waals surface area contributed by atoms with Crippen LogP contribution in [0.4, 0.5) is 0 Å². The lowest BCUT2D eigenvalue weighted by atomic mass is 9.77. The molecule has 0 atom stereocenters. The molecule has 0 bridgehead atoms. The molecule has 1 aromatic rings. The zero-order chi connectivity index (χ0) is 13.0. The maximum Gasteiger partial charge on any atom is 0.498 e. The van der Waals surface area contributed by atoms with Crippen LogP contribution in [-0.4, -0.2) is 24.9 Å². The van der Waals surface area contributed by atoms with Gasteiger partial charge in [0, 0.05) is 5.46 Å². The van der Waals surface area contributed by atoms with E-state index in [1.165, 1.54) is 5.56 Å². The lowest BCUT2D eigenvalue weighted by Crippen LogP contribution is -2.41. The van der Waals surface area contributed by atoms with Gasteiger partial charge in [-0.15, -0.1) is 0 Å². The van der Waals surface area contributed by atoms with E-state index in [1.807, 2.05) is 0 Å². The minimum atomic E-state index is -0.333. The molecule has 1 aromatic heterocycles. The van der Waals surface area contributed by atoms with Crippen molar-refractivity contribution in [2.75, 3.05) is 6.61 Å². The lowest BCUT2D eigenvalue weighted by Gasteiger charge is -2.32. The van der Waals surface area contributed by atoms with E-state index in [0.717, 1.165) is 24.3 Å². The maximum absolute atomic E-state index is 6.05. The molecule has 5 heteroatoms. The summed E-state index contributed by atoms with van der Waals surface area (Å²) in [5.74, 6) is 0.908. The van der Waals surface area contributed by atoms with E-state index in [0.29, 0.717) is 6.61 Å². The van der Waals surface area contributed by atoms with E-state index in [-0.39, 0.29) is 18.3 Å². The average molecular weight is 250 g/mol. The molecule has 3 rings (SSSR count). The van der Waals surface area contributed by atoms with Crippen LogP contribution >= 0.6 is 0 Å². The van der Waals surface area contributed by atoms with Crippen molar-refractivity contribution < 1.29 is 18.5 Å². The van der Waals surface area contributed by atoms with Crippen LogP contribution in [0.25, 0.3) is 0 Å². The van der Waals surface area contributed by atoms with Gasteiger partial charge in [0.05, 0.1) is 24.1 Å². The molecule has 1 fully saturated rings. The molecule has 98 valence electrons. The third kappa shape index (κ3) is 1.73. The Morgan fingerprint density at radius 2 is 1.78 bits per heavy atom. The SMILES string of the molecule is CC1(C)OB(c2coc3c2CCOC3)OC1(C)C. The fourth-order valence-corrected chi connectivity index (χ4v) is 2.35. The van der Waals surface area contributed by atoms with Crippen molar-refractivity contribution in [2.24, 2.45) is 0 Å². The first-order valence-electron chi connectivity index (χ1n) is 6.43. The van der Waals surface area contributed by atoms with Crippen molar-refractivity contribution in [2.45, 2.75) is 51.9 Å². The molecule has 0 spiro atoms. The van der Waals surface area contributed by atoms with Gasteiger partial charge in [0.1, 0.15) is 12.4 Å². The fraction of sp³-hybridized carbons (Fsp3) is 0.692. The third-order valence-corrected chi connectivity index (χ3v) is 4.25. The standard InChI is InChI=1S/C13H19BO4/c1-12(2)13(3,4)18-14(17-12)10-7-16-11-8-15-6-5-9(10)11/h7H,5-6,8H2,1-4H3. The molecular formula is C13H19BO4. The summed E-state index contributed by atoms with van der Waals surface area (Å²) in [5, 5.41) is 0. The van der Waals surface area contributed by atoms with Crippen molar-refractivity contribution in [3.05, 3.63) is 17.6 Å². The molecule has 0 saturated carbocycles. The highest BCUT2D eigenvalue weighted by Crippen LogP contribution is 2.37. The molecule has 0 N–H and O–H groups in total. The van der Waals surface area contributed by atoms with Crippen LogP contribution in [0.5, 0.6) is 0 Å². The van der Waals surface area contributed by atoms with E-state index < -0.39 is 0 Å². The van der Waals surface area contributed by atoms with Crippen LogP contribution in [0.3, 0.4) is 0 Å². The Hall–Kier alpha value is -0.775. The van der Waals surface area contributed by atoms with Gasteiger partial charge in [0.2, 0.25) is 0 Å². The fourth-order valence-electron chi connectivity index (χ4n) is 2.35. The Bertz CT molecular complexity index is 448. The van der Waals surface area contributed by atoms with Crippen LogP contribution in [0, 0.1) is 0 Å². The molecule has 0 aromatic carbocycles. The summed E-state index contributed by atoms with van der Waals surface area (Å²) in [5.41, 5.74) is 1.59. The molecule has 0 unspecified atom stereocenters. The van der Waals surface area contributed by atoms with Gasteiger partial charge in [-0.2, -0.15) is 0 Å². The minimum Gasteiger partial charge on any atom is -0.467 e. The quantitative estimate of drug-likeness (QED) is 0.710. The Kier molecular flexibility index (Phi) is 2.63. The maximum atomic E-state index is 6.05. The smallest absolute Gasteiger partial charge is 0.467 e. The Morgan fingerprint density at radius 3 is 2.44 bits per heavy atom. The van der Waals surface area contributed by atoms with Crippen LogP contribution in [-0.2, 0) is 27.1 Å². The van der Waals surface area contributed by atoms with Crippen LogP contribution in [0.1, 0.15) is 39.0 Å². The van der Waals surface area contributed by atoms with Gasteiger partial charge >= 0.3 is 7.12 Å². The number of hydrogen-bond donors (Lipinski definition) is 0. The highest BCUT2D eigenvalue weighted by molar-refractivity contribution is 6.62. The van der Waals surface area contributed by atoms with Crippen molar-refractivity contribution in [1.82, 2.24) is 0 Å². The topological polar surface area (TPSA) is 40.8 Å². The molecule has 18 heavy (non-hydrogen) atoms. The first-order chi connectivity index (χ1) is 8.41. The molecule has 1 saturated heterocycles. The van der Waals surface area contributed by atoms with Gasteiger partial charge in [-0.25, -0.2) is 0 Å². The van der Waals surface area contributed by atoms with E-state index in [9.17, 15) is 0 Å². The van der Waals surface area contributed by atoms with E-state index in [1.54, 1.807) is 6.26 Å². The lowest BCUT2D eigenvalue weighted by molar-refractivity contribution is 0.00578. The zero-order valence-corrected chi connectivity index (χ0v) is 11.4. The zero-order valence-electron chi connectivity index (χ0n) is 11.4. The predicted octanol–water partition coefficient (Wildman–Crippen LogP) is 1.65. The van der Waals surface area contributed by atoms with Crippen molar-refractivity contribution >= 4 is 12.6 Å². The molecule has 2 aliphatic rings. The average Bonchev–Trinajstić information content (AvgIpc) is 2.78. The third-order valence-electron chi connectivity index (χ3n) is 4.25. The number of furan rings is 1. The monoisotopic (exact) mass is 250 g/mol. The Labute approximate surface area is 108 Å². The normalized spacial score (nSPS) is 25.2. The van der Waals surface area contributed by atoms with Crippen molar-refractivity contribution in [3.63, 3.8) is 0 Å². The van der Waals surface area contributed by atoms with E-state index >= 15 is 0 Å². The van der Waals surface area contributed by atoms with Gasteiger partial charge in [-0.3, -0.25) is 0 Å².